The highest BCUT2D eigenvalue weighted by Crippen LogP contribution is 2.36. The van der Waals surface area contributed by atoms with E-state index < -0.39 is 0 Å². The molecule has 3 aromatic carbocycles. The molecule has 168 valence electrons. The lowest BCUT2D eigenvalue weighted by Crippen LogP contribution is -2.19. The van der Waals surface area contributed by atoms with Gasteiger partial charge in [0.2, 0.25) is 0 Å². The van der Waals surface area contributed by atoms with Crippen molar-refractivity contribution in [3.8, 4) is 5.75 Å². The number of esters is 1. The number of hydrogen-bond donors (Lipinski definition) is 0. The molecule has 0 radical (unpaired) electrons. The zero-order valence-corrected chi connectivity index (χ0v) is 20.3. The van der Waals surface area contributed by atoms with Crippen molar-refractivity contribution in [1.29, 1.82) is 0 Å². The molecule has 0 atom stereocenters. The lowest BCUT2D eigenvalue weighted by Gasteiger charge is -2.27. The van der Waals surface area contributed by atoms with Crippen molar-refractivity contribution in [3.05, 3.63) is 101 Å². The normalized spacial score (nSPS) is 12.1. The molecule has 0 aliphatic heterocycles. The van der Waals surface area contributed by atoms with E-state index in [-0.39, 0.29) is 22.7 Å². The minimum absolute atomic E-state index is 0.0428. The highest BCUT2D eigenvalue weighted by Gasteiger charge is 2.24. The topological polar surface area (TPSA) is 26.3 Å². The molecule has 0 aliphatic carbocycles. The molecule has 32 heavy (non-hydrogen) atoms. The van der Waals surface area contributed by atoms with Crippen molar-refractivity contribution < 1.29 is 9.53 Å². The van der Waals surface area contributed by atoms with Gasteiger partial charge in [-0.3, -0.25) is 4.79 Å². The summed E-state index contributed by atoms with van der Waals surface area (Å²) in [5.74, 6) is 0.651. The van der Waals surface area contributed by atoms with Gasteiger partial charge in [0.1, 0.15) is 5.75 Å². The van der Waals surface area contributed by atoms with E-state index in [1.54, 1.807) is 0 Å². The maximum Gasteiger partial charge on any atom is 0.311 e. The highest BCUT2D eigenvalue weighted by molar-refractivity contribution is 5.73. The molecule has 2 nitrogen and oxygen atoms in total. The van der Waals surface area contributed by atoms with E-state index >= 15 is 0 Å². The van der Waals surface area contributed by atoms with Gasteiger partial charge in [0.25, 0.3) is 0 Å². The molecule has 0 heterocycles. The maximum absolute atomic E-state index is 12.9. The molecule has 0 fully saturated rings. The minimum Gasteiger partial charge on any atom is -0.426 e. The summed E-state index contributed by atoms with van der Waals surface area (Å²) in [7, 11) is 0. The Morgan fingerprint density at radius 3 is 1.75 bits per heavy atom. The zero-order valence-electron chi connectivity index (χ0n) is 20.3. The Labute approximate surface area is 193 Å². The van der Waals surface area contributed by atoms with Gasteiger partial charge in [-0.2, -0.15) is 0 Å². The molecule has 0 bridgehead atoms. The summed E-state index contributed by atoms with van der Waals surface area (Å²) < 4.78 is 5.92. The molecule has 0 saturated carbocycles. The van der Waals surface area contributed by atoms with Crippen molar-refractivity contribution in [2.75, 3.05) is 0 Å². The van der Waals surface area contributed by atoms with Gasteiger partial charge in [-0.25, -0.2) is 0 Å². The summed E-state index contributed by atoms with van der Waals surface area (Å²) in [6.07, 6.45) is 1.07. The van der Waals surface area contributed by atoms with Crippen LogP contribution in [0.4, 0.5) is 0 Å². The summed E-state index contributed by atoms with van der Waals surface area (Å²) in [6.45, 7) is 13.1. The summed E-state index contributed by atoms with van der Waals surface area (Å²) in [5.41, 5.74) is 4.68. The van der Waals surface area contributed by atoms with Gasteiger partial charge in [0.15, 0.2) is 0 Å². The average molecular weight is 429 g/mol. The van der Waals surface area contributed by atoms with Crippen molar-refractivity contribution in [2.24, 2.45) is 0 Å². The Bertz CT molecular complexity index is 982. The van der Waals surface area contributed by atoms with Crippen LogP contribution in [0.15, 0.2) is 78.9 Å². The van der Waals surface area contributed by atoms with Gasteiger partial charge < -0.3 is 4.74 Å². The maximum atomic E-state index is 12.9. The number of carbonyl (C=O) groups excluding carboxylic acids is 1. The average Bonchev–Trinajstić information content (AvgIpc) is 2.74. The number of carbonyl (C=O) groups is 1. The van der Waals surface area contributed by atoms with Gasteiger partial charge >= 0.3 is 5.97 Å². The van der Waals surface area contributed by atoms with E-state index in [4.69, 9.17) is 4.74 Å². The van der Waals surface area contributed by atoms with Crippen LogP contribution >= 0.6 is 0 Å². The molecule has 0 spiro atoms. The van der Waals surface area contributed by atoms with Gasteiger partial charge in [-0.1, -0.05) is 114 Å². The summed E-state index contributed by atoms with van der Waals surface area (Å²) in [6, 6.07) is 27.0. The van der Waals surface area contributed by atoms with Crippen LogP contribution in [0, 0.1) is 0 Å². The SMILES string of the molecule is CC(C)(C)c1ccc(OC(=O)CCC(c2ccccc2)c2ccccc2)c(C(C)(C)C)c1. The third kappa shape index (κ3) is 6.09. The third-order valence-electron chi connectivity index (χ3n) is 5.92. The summed E-state index contributed by atoms with van der Waals surface area (Å²) in [4.78, 5) is 12.9. The third-order valence-corrected chi connectivity index (χ3v) is 5.92. The first-order valence-electron chi connectivity index (χ1n) is 11.5. The van der Waals surface area contributed by atoms with Crippen LogP contribution < -0.4 is 4.74 Å². The number of hydrogen-bond acceptors (Lipinski definition) is 2. The largest absolute Gasteiger partial charge is 0.426 e. The van der Waals surface area contributed by atoms with E-state index in [9.17, 15) is 4.79 Å². The second-order valence-corrected chi connectivity index (χ2v) is 10.6. The van der Waals surface area contributed by atoms with Crippen molar-refractivity contribution in [3.63, 3.8) is 0 Å². The van der Waals surface area contributed by atoms with Crippen LogP contribution in [0.2, 0.25) is 0 Å². The van der Waals surface area contributed by atoms with E-state index in [0.29, 0.717) is 18.6 Å². The predicted octanol–water partition coefficient (Wildman–Crippen LogP) is 7.80. The Morgan fingerprint density at radius 2 is 1.28 bits per heavy atom. The fraction of sp³-hybridized carbons (Fsp3) is 0.367. The van der Waals surface area contributed by atoms with Crippen LogP contribution in [-0.4, -0.2) is 5.97 Å². The Hall–Kier alpha value is -2.87. The van der Waals surface area contributed by atoms with Gasteiger partial charge in [-0.15, -0.1) is 0 Å². The summed E-state index contributed by atoms with van der Waals surface area (Å²) >= 11 is 0. The molecular formula is C30H36O2. The van der Waals surface area contributed by atoms with Crippen LogP contribution in [0.3, 0.4) is 0 Å². The number of benzene rings is 3. The van der Waals surface area contributed by atoms with Crippen LogP contribution in [0.1, 0.15) is 82.6 Å². The first-order chi connectivity index (χ1) is 15.1. The molecular weight excluding hydrogens is 392 g/mol. The van der Waals surface area contributed by atoms with Crippen LogP contribution in [0.5, 0.6) is 5.75 Å². The first-order valence-corrected chi connectivity index (χ1v) is 11.5. The summed E-state index contributed by atoms with van der Waals surface area (Å²) in [5, 5.41) is 0. The Balaban J connectivity index is 1.79. The van der Waals surface area contributed by atoms with E-state index in [1.807, 2.05) is 18.2 Å². The molecule has 3 aromatic rings. The monoisotopic (exact) mass is 428 g/mol. The molecule has 0 saturated heterocycles. The van der Waals surface area contributed by atoms with E-state index in [2.05, 4.69) is 102 Å². The van der Waals surface area contributed by atoms with Crippen molar-refractivity contribution in [2.45, 2.75) is 71.1 Å². The fourth-order valence-electron chi connectivity index (χ4n) is 4.00. The fourth-order valence-corrected chi connectivity index (χ4v) is 4.00. The molecule has 0 aromatic heterocycles. The lowest BCUT2D eigenvalue weighted by molar-refractivity contribution is -0.134. The van der Waals surface area contributed by atoms with E-state index in [1.165, 1.54) is 16.7 Å². The Morgan fingerprint density at radius 1 is 0.750 bits per heavy atom. The van der Waals surface area contributed by atoms with Crippen molar-refractivity contribution >= 4 is 5.97 Å². The van der Waals surface area contributed by atoms with Crippen molar-refractivity contribution in [1.82, 2.24) is 0 Å². The second-order valence-electron chi connectivity index (χ2n) is 10.6. The standard InChI is InChI=1S/C30H36O2/c1-29(2,3)24-17-19-27(26(21-24)30(4,5)6)32-28(31)20-18-25(22-13-9-7-10-14-22)23-15-11-8-12-16-23/h7-17,19,21,25H,18,20H2,1-6H3. The molecule has 0 unspecified atom stereocenters. The number of ether oxygens (including phenoxy) is 1. The Kier molecular flexibility index (Phi) is 7.23. The molecule has 0 amide bonds. The van der Waals surface area contributed by atoms with Gasteiger partial charge in [-0.05, 0) is 40.0 Å². The lowest BCUT2D eigenvalue weighted by atomic mass is 9.80. The predicted molar refractivity (Wildman–Crippen MR) is 133 cm³/mol. The second kappa shape index (κ2) is 9.73. The first kappa shape index (κ1) is 23.8. The minimum atomic E-state index is -0.184. The number of rotatable bonds is 6. The molecule has 0 aliphatic rings. The van der Waals surface area contributed by atoms with Crippen LogP contribution in [0.25, 0.3) is 0 Å². The highest BCUT2D eigenvalue weighted by atomic mass is 16.5. The van der Waals surface area contributed by atoms with Gasteiger partial charge in [0.05, 0.1) is 0 Å². The molecule has 3 rings (SSSR count). The smallest absolute Gasteiger partial charge is 0.311 e. The molecule has 0 N–H and O–H groups in total. The van der Waals surface area contributed by atoms with Crippen LogP contribution in [-0.2, 0) is 15.6 Å². The quantitative estimate of drug-likeness (QED) is 0.296. The van der Waals surface area contributed by atoms with E-state index in [0.717, 1.165) is 5.56 Å². The zero-order chi connectivity index (χ0) is 23.4. The van der Waals surface area contributed by atoms with Gasteiger partial charge in [0, 0.05) is 17.9 Å². The molecule has 2 heteroatoms.